The largest absolute Gasteiger partial charge is 0.494 e. The van der Waals surface area contributed by atoms with Gasteiger partial charge in [0.25, 0.3) is 11.8 Å². The predicted octanol–water partition coefficient (Wildman–Crippen LogP) is 3.43. The number of hydrogen-bond acceptors (Lipinski definition) is 9. The number of oxazole rings is 1. The first kappa shape index (κ1) is 24.1. The van der Waals surface area contributed by atoms with Crippen LogP contribution < -0.4 is 10.5 Å². The number of nitrogens with zero attached hydrogens (tertiary/aromatic N) is 5. The van der Waals surface area contributed by atoms with Crippen LogP contribution >= 0.6 is 0 Å². The van der Waals surface area contributed by atoms with Gasteiger partial charge in [-0.1, -0.05) is 30.3 Å². The Morgan fingerprint density at radius 2 is 1.91 bits per heavy atom. The molecule has 1 unspecified atom stereocenters. The van der Waals surface area contributed by atoms with E-state index in [4.69, 9.17) is 19.3 Å². The molecule has 10 heteroatoms. The van der Waals surface area contributed by atoms with Crippen molar-refractivity contribution in [1.82, 2.24) is 25.1 Å². The first-order valence-electron chi connectivity index (χ1n) is 11.1. The number of carbonyl (C=O) groups excluding carboxylic acids is 1. The van der Waals surface area contributed by atoms with Crippen molar-refractivity contribution in [2.24, 2.45) is 5.73 Å². The van der Waals surface area contributed by atoms with Gasteiger partial charge >= 0.3 is 0 Å². The van der Waals surface area contributed by atoms with Gasteiger partial charge in [-0.2, -0.15) is 0 Å². The number of rotatable bonds is 8. The van der Waals surface area contributed by atoms with E-state index in [1.165, 1.54) is 18.2 Å². The summed E-state index contributed by atoms with van der Waals surface area (Å²) in [7, 11) is 3.18. The third-order valence-electron chi connectivity index (χ3n) is 5.60. The fraction of sp³-hybridized carbons (Fsp3) is 0.320. The zero-order valence-electron chi connectivity index (χ0n) is 20.4. The number of pyridine rings is 1. The molecule has 0 saturated carbocycles. The summed E-state index contributed by atoms with van der Waals surface area (Å²) in [6.45, 7) is 5.69. The average molecular weight is 477 g/mol. The summed E-state index contributed by atoms with van der Waals surface area (Å²) in [5.41, 5.74) is 8.01. The van der Waals surface area contributed by atoms with E-state index >= 15 is 0 Å². The quantitative estimate of drug-likeness (QED) is 0.406. The molecule has 1 atom stereocenters. The molecule has 1 amide bonds. The van der Waals surface area contributed by atoms with Gasteiger partial charge in [-0.25, -0.2) is 9.97 Å². The Bertz CT molecular complexity index is 1330. The summed E-state index contributed by atoms with van der Waals surface area (Å²) in [5, 5.41) is 8.36. The second-order valence-corrected chi connectivity index (χ2v) is 8.66. The third kappa shape index (κ3) is 5.22. The molecule has 10 nitrogen and oxygen atoms in total. The van der Waals surface area contributed by atoms with Crippen molar-refractivity contribution in [1.29, 1.82) is 0 Å². The maximum atomic E-state index is 13.1. The lowest BCUT2D eigenvalue weighted by Crippen LogP contribution is -2.35. The van der Waals surface area contributed by atoms with Crippen molar-refractivity contribution in [3.8, 4) is 17.2 Å². The Morgan fingerprint density at radius 1 is 1.17 bits per heavy atom. The van der Waals surface area contributed by atoms with Crippen LogP contribution in [0, 0.1) is 13.8 Å². The topological polar surface area (TPSA) is 133 Å². The highest BCUT2D eigenvalue weighted by molar-refractivity contribution is 5.93. The van der Waals surface area contributed by atoms with Crippen LogP contribution in [0.1, 0.15) is 46.2 Å². The van der Waals surface area contributed by atoms with E-state index in [1.54, 1.807) is 20.0 Å². The standard InChI is InChI=1S/C25H28N6O4/c1-15-20(28-16(2)34-15)14-31(4)23(32)19-11-18(21(33-5)13-27-19)22-29-30-24(35-22)25(3,26)12-17-9-7-6-8-10-17/h6-11,13H,12,14,26H2,1-5H3. The number of nitrogens with two attached hydrogens (primary N) is 1. The van der Waals surface area contributed by atoms with E-state index in [1.807, 2.05) is 44.2 Å². The van der Waals surface area contributed by atoms with Crippen LogP contribution in [0.2, 0.25) is 0 Å². The molecule has 1 aromatic carbocycles. The maximum absolute atomic E-state index is 13.1. The molecule has 0 radical (unpaired) electrons. The molecule has 0 saturated heterocycles. The molecule has 35 heavy (non-hydrogen) atoms. The fourth-order valence-corrected chi connectivity index (χ4v) is 3.76. The summed E-state index contributed by atoms with van der Waals surface area (Å²) in [6.07, 6.45) is 1.97. The zero-order chi connectivity index (χ0) is 25.2. The molecule has 0 aliphatic heterocycles. The molecule has 3 heterocycles. The van der Waals surface area contributed by atoms with Gasteiger partial charge in [-0.3, -0.25) is 4.79 Å². The molecule has 0 spiro atoms. The van der Waals surface area contributed by atoms with Gasteiger partial charge in [0, 0.05) is 14.0 Å². The molecule has 2 N–H and O–H groups in total. The van der Waals surface area contributed by atoms with E-state index in [0.717, 1.165) is 5.56 Å². The van der Waals surface area contributed by atoms with Gasteiger partial charge in [0.1, 0.15) is 22.9 Å². The molecule has 182 valence electrons. The maximum Gasteiger partial charge on any atom is 0.272 e. The summed E-state index contributed by atoms with van der Waals surface area (Å²) >= 11 is 0. The number of methoxy groups -OCH3 is 1. The number of aryl methyl sites for hydroxylation is 2. The van der Waals surface area contributed by atoms with E-state index in [-0.39, 0.29) is 29.9 Å². The Kier molecular flexibility index (Phi) is 6.65. The average Bonchev–Trinajstić information content (AvgIpc) is 3.45. The molecule has 0 fully saturated rings. The van der Waals surface area contributed by atoms with E-state index in [0.29, 0.717) is 35.1 Å². The van der Waals surface area contributed by atoms with E-state index in [9.17, 15) is 4.79 Å². The van der Waals surface area contributed by atoms with Gasteiger partial charge in [-0.05, 0) is 31.9 Å². The lowest BCUT2D eigenvalue weighted by molar-refractivity contribution is 0.0777. The summed E-state index contributed by atoms with van der Waals surface area (Å²) in [5.74, 6) is 1.77. The van der Waals surface area contributed by atoms with Crippen LogP contribution in [0.4, 0.5) is 0 Å². The van der Waals surface area contributed by atoms with Crippen molar-refractivity contribution in [2.75, 3.05) is 14.2 Å². The van der Waals surface area contributed by atoms with Crippen LogP contribution in [-0.2, 0) is 18.5 Å². The Morgan fingerprint density at radius 3 is 2.57 bits per heavy atom. The minimum absolute atomic E-state index is 0.184. The van der Waals surface area contributed by atoms with Gasteiger partial charge in [0.2, 0.25) is 5.89 Å². The number of ether oxygens (including phenoxy) is 1. The normalized spacial score (nSPS) is 12.9. The highest BCUT2D eigenvalue weighted by Gasteiger charge is 2.30. The molecule has 0 aliphatic rings. The third-order valence-corrected chi connectivity index (χ3v) is 5.60. The van der Waals surface area contributed by atoms with Crippen molar-refractivity contribution >= 4 is 5.91 Å². The first-order valence-corrected chi connectivity index (χ1v) is 11.1. The van der Waals surface area contributed by atoms with Crippen LogP contribution in [0.15, 0.2) is 51.4 Å². The number of benzene rings is 1. The van der Waals surface area contributed by atoms with Gasteiger partial charge in [-0.15, -0.1) is 10.2 Å². The summed E-state index contributed by atoms with van der Waals surface area (Å²) in [6, 6.07) is 11.4. The second kappa shape index (κ2) is 9.67. The van der Waals surface area contributed by atoms with E-state index < -0.39 is 5.54 Å². The predicted molar refractivity (Wildman–Crippen MR) is 128 cm³/mol. The molecule has 0 bridgehead atoms. The minimum Gasteiger partial charge on any atom is -0.494 e. The van der Waals surface area contributed by atoms with Gasteiger partial charge < -0.3 is 24.2 Å². The summed E-state index contributed by atoms with van der Waals surface area (Å²) < 4.78 is 16.8. The lowest BCUT2D eigenvalue weighted by Gasteiger charge is -2.20. The van der Waals surface area contributed by atoms with Crippen LogP contribution in [0.25, 0.3) is 11.5 Å². The summed E-state index contributed by atoms with van der Waals surface area (Å²) in [4.78, 5) is 23.2. The molecular weight excluding hydrogens is 448 g/mol. The van der Waals surface area contributed by atoms with Crippen LogP contribution in [0.3, 0.4) is 0 Å². The highest BCUT2D eigenvalue weighted by atomic mass is 16.5. The molecule has 0 aliphatic carbocycles. The first-order chi connectivity index (χ1) is 16.7. The second-order valence-electron chi connectivity index (χ2n) is 8.66. The van der Waals surface area contributed by atoms with Crippen LogP contribution in [0.5, 0.6) is 5.75 Å². The molecule has 3 aromatic heterocycles. The fourth-order valence-electron chi connectivity index (χ4n) is 3.76. The number of amides is 1. The lowest BCUT2D eigenvalue weighted by atomic mass is 9.94. The Hall–Kier alpha value is -4.05. The zero-order valence-corrected chi connectivity index (χ0v) is 20.4. The van der Waals surface area contributed by atoms with Crippen LogP contribution in [-0.4, -0.2) is 45.1 Å². The smallest absolute Gasteiger partial charge is 0.272 e. The van der Waals surface area contributed by atoms with Crippen molar-refractivity contribution < 1.29 is 18.4 Å². The Balaban J connectivity index is 1.59. The SMILES string of the molecule is COc1cnc(C(=O)N(C)Cc2nc(C)oc2C)cc1-c1nnc(C(C)(N)Cc2ccccc2)o1. The van der Waals surface area contributed by atoms with E-state index in [2.05, 4.69) is 20.2 Å². The number of carbonyl (C=O) groups is 1. The number of hydrogen-bond donors (Lipinski definition) is 1. The van der Waals surface area contributed by atoms with Crippen molar-refractivity contribution in [3.63, 3.8) is 0 Å². The van der Waals surface area contributed by atoms with Crippen molar-refractivity contribution in [2.45, 2.75) is 39.3 Å². The monoisotopic (exact) mass is 476 g/mol. The van der Waals surface area contributed by atoms with Gasteiger partial charge in [0.05, 0.1) is 31.0 Å². The molecular formula is C25H28N6O4. The Labute approximate surface area is 203 Å². The molecule has 4 aromatic rings. The molecule has 4 rings (SSSR count). The number of aromatic nitrogens is 4. The van der Waals surface area contributed by atoms with Crippen molar-refractivity contribution in [3.05, 3.63) is 77.1 Å². The van der Waals surface area contributed by atoms with Gasteiger partial charge in [0.15, 0.2) is 5.89 Å². The highest BCUT2D eigenvalue weighted by Crippen LogP contribution is 2.31. The minimum atomic E-state index is -0.890.